The third-order valence-electron chi connectivity index (χ3n) is 1.93. The molecule has 0 atom stereocenters. The largest absolute Gasteiger partial charge is 0.306 e. The predicted octanol–water partition coefficient (Wildman–Crippen LogP) is 1.78. The van der Waals surface area contributed by atoms with Crippen molar-refractivity contribution in [3.63, 3.8) is 0 Å². The zero-order valence-electron chi connectivity index (χ0n) is 7.16. The Morgan fingerprint density at radius 1 is 1.33 bits per heavy atom. The minimum Gasteiger partial charge on any atom is -0.306 e. The van der Waals surface area contributed by atoms with Crippen LogP contribution < -0.4 is 4.97 Å². The van der Waals surface area contributed by atoms with Crippen molar-refractivity contribution in [3.8, 4) is 0 Å². The maximum Gasteiger partial charge on any atom is 0.288 e. The van der Waals surface area contributed by atoms with E-state index in [1.54, 1.807) is 0 Å². The van der Waals surface area contributed by atoms with Crippen LogP contribution in [0.2, 0.25) is 6.32 Å². The lowest BCUT2D eigenvalue weighted by Crippen LogP contribution is -2.18. The molecule has 1 saturated heterocycles. The van der Waals surface area contributed by atoms with Crippen LogP contribution in [0.5, 0.6) is 0 Å². The normalized spacial score (nSPS) is 16.2. The summed E-state index contributed by atoms with van der Waals surface area (Å²) < 4.78 is 0. The van der Waals surface area contributed by atoms with Crippen molar-refractivity contribution in [2.24, 2.45) is 0 Å². The molecular weight excluding hydrogens is 149 g/mol. The van der Waals surface area contributed by atoms with E-state index >= 15 is 0 Å². The van der Waals surface area contributed by atoms with Crippen LogP contribution in [0, 0.1) is 6.92 Å². The second-order valence-electron chi connectivity index (χ2n) is 2.97. The lowest BCUT2D eigenvalue weighted by atomic mass is 9.90. The monoisotopic (exact) mass is 160 g/mol. The molecule has 1 fully saturated rings. The summed E-state index contributed by atoms with van der Waals surface area (Å²) in [5.74, 6) is 0. The number of rotatable bonds is 1. The Labute approximate surface area is 73.4 Å². The highest BCUT2D eigenvalue weighted by molar-refractivity contribution is 6.41. The number of hydrogen-bond donors (Lipinski definition) is 0. The van der Waals surface area contributed by atoms with E-state index in [1.165, 1.54) is 5.56 Å². The molecule has 3 heteroatoms. The van der Waals surface area contributed by atoms with Crippen LogP contribution in [0.4, 0.5) is 5.69 Å². The molecule has 0 bridgehead atoms. The van der Waals surface area contributed by atoms with Gasteiger partial charge in [-0.3, -0.25) is 4.84 Å². The first kappa shape index (κ1) is 7.68. The summed E-state index contributed by atoms with van der Waals surface area (Å²) in [5.41, 5.74) is 2.39. The van der Waals surface area contributed by atoms with Crippen molar-refractivity contribution in [1.82, 2.24) is 0 Å². The maximum atomic E-state index is 5.36. The molecule has 0 aliphatic carbocycles. The molecule has 1 aromatic rings. The maximum absolute atomic E-state index is 5.36. The lowest BCUT2D eigenvalue weighted by molar-refractivity contribution is 0.185. The van der Waals surface area contributed by atoms with Crippen molar-refractivity contribution in [3.05, 3.63) is 29.8 Å². The second kappa shape index (κ2) is 3.19. The van der Waals surface area contributed by atoms with Crippen molar-refractivity contribution in [2.45, 2.75) is 13.2 Å². The van der Waals surface area contributed by atoms with Gasteiger partial charge in [-0.1, -0.05) is 17.7 Å². The van der Waals surface area contributed by atoms with Gasteiger partial charge < -0.3 is 4.97 Å². The molecule has 0 spiro atoms. The van der Waals surface area contributed by atoms with Gasteiger partial charge in [-0.05, 0) is 25.4 Å². The Bertz CT molecular complexity index is 254. The van der Waals surface area contributed by atoms with E-state index in [-0.39, 0.29) is 0 Å². The second-order valence-corrected chi connectivity index (χ2v) is 2.97. The molecule has 0 amide bonds. The third kappa shape index (κ3) is 1.46. The zero-order chi connectivity index (χ0) is 8.39. The molecule has 61 valence electrons. The summed E-state index contributed by atoms with van der Waals surface area (Å²) in [5, 5.41) is 0. The quantitative estimate of drug-likeness (QED) is 0.580. The van der Waals surface area contributed by atoms with Crippen LogP contribution in [0.3, 0.4) is 0 Å². The van der Waals surface area contributed by atoms with Crippen LogP contribution in [0.15, 0.2) is 24.3 Å². The van der Waals surface area contributed by atoms with Gasteiger partial charge in [0.25, 0.3) is 7.41 Å². The van der Waals surface area contributed by atoms with E-state index in [9.17, 15) is 0 Å². The first-order chi connectivity index (χ1) is 5.86. The van der Waals surface area contributed by atoms with Crippen LogP contribution in [-0.2, 0) is 4.84 Å². The summed E-state index contributed by atoms with van der Waals surface area (Å²) in [6.45, 7) is 2.88. The lowest BCUT2D eigenvalue weighted by Gasteiger charge is -2.16. The fourth-order valence-corrected chi connectivity index (χ4v) is 1.25. The molecule has 2 rings (SSSR count). The molecule has 0 saturated carbocycles. The van der Waals surface area contributed by atoms with Gasteiger partial charge in [-0.15, -0.1) is 0 Å². The number of aryl methyl sites for hydroxylation is 1. The van der Waals surface area contributed by atoms with E-state index in [4.69, 9.17) is 4.84 Å². The first-order valence-electron chi connectivity index (χ1n) is 4.18. The Morgan fingerprint density at radius 3 is 2.67 bits per heavy atom. The van der Waals surface area contributed by atoms with Crippen molar-refractivity contribution in [2.75, 3.05) is 11.6 Å². The summed E-state index contributed by atoms with van der Waals surface area (Å²) >= 11 is 0. The predicted molar refractivity (Wildman–Crippen MR) is 50.2 cm³/mol. The average Bonchev–Trinajstić information content (AvgIpc) is 2.58. The van der Waals surface area contributed by atoms with Gasteiger partial charge in [-0.2, -0.15) is 0 Å². The fourth-order valence-electron chi connectivity index (χ4n) is 1.25. The SMILES string of the molecule is Cc1ccc(N2[B]CCO2)cc1. The van der Waals surface area contributed by atoms with Gasteiger partial charge in [0.15, 0.2) is 0 Å². The Kier molecular flexibility index (Phi) is 2.04. The number of benzene rings is 1. The van der Waals surface area contributed by atoms with Crippen molar-refractivity contribution < 1.29 is 4.84 Å². The molecule has 0 aromatic heterocycles. The molecule has 2 nitrogen and oxygen atoms in total. The molecule has 1 aliphatic rings. The van der Waals surface area contributed by atoms with Crippen LogP contribution >= 0.6 is 0 Å². The van der Waals surface area contributed by atoms with E-state index in [2.05, 4.69) is 38.6 Å². The first-order valence-corrected chi connectivity index (χ1v) is 4.18. The molecule has 0 N–H and O–H groups in total. The van der Waals surface area contributed by atoms with Crippen LogP contribution in [0.25, 0.3) is 0 Å². The van der Waals surface area contributed by atoms with E-state index in [0.29, 0.717) is 0 Å². The molecular formula is C9H11BNO. The molecule has 1 aromatic carbocycles. The van der Waals surface area contributed by atoms with Crippen molar-refractivity contribution in [1.29, 1.82) is 0 Å². The van der Waals surface area contributed by atoms with Gasteiger partial charge in [0.05, 0.1) is 6.61 Å². The highest BCUT2D eigenvalue weighted by Gasteiger charge is 2.14. The molecule has 1 heterocycles. The Hall–Kier alpha value is -0.955. The van der Waals surface area contributed by atoms with Crippen LogP contribution in [-0.4, -0.2) is 14.0 Å². The fraction of sp³-hybridized carbons (Fsp3) is 0.333. The highest BCUT2D eigenvalue weighted by Crippen LogP contribution is 2.17. The summed E-state index contributed by atoms with van der Waals surface area (Å²) in [6, 6.07) is 8.31. The van der Waals surface area contributed by atoms with Gasteiger partial charge in [0.2, 0.25) is 0 Å². The summed E-state index contributed by atoms with van der Waals surface area (Å²) in [4.78, 5) is 7.19. The van der Waals surface area contributed by atoms with E-state index in [1.807, 2.05) is 4.97 Å². The summed E-state index contributed by atoms with van der Waals surface area (Å²) in [6.07, 6.45) is 1.01. The topological polar surface area (TPSA) is 12.5 Å². The number of nitrogens with zero attached hydrogens (tertiary/aromatic N) is 1. The Morgan fingerprint density at radius 2 is 2.08 bits per heavy atom. The van der Waals surface area contributed by atoms with Gasteiger partial charge in [0, 0.05) is 5.69 Å². The third-order valence-corrected chi connectivity index (χ3v) is 1.93. The zero-order valence-corrected chi connectivity index (χ0v) is 7.16. The molecule has 12 heavy (non-hydrogen) atoms. The summed E-state index contributed by atoms with van der Waals surface area (Å²) in [7, 11) is 2.06. The average molecular weight is 160 g/mol. The highest BCUT2D eigenvalue weighted by atomic mass is 16.7. The Balaban J connectivity index is 2.17. The molecule has 1 aliphatic heterocycles. The molecule has 0 unspecified atom stereocenters. The van der Waals surface area contributed by atoms with Gasteiger partial charge in [-0.25, -0.2) is 0 Å². The van der Waals surface area contributed by atoms with Gasteiger partial charge in [0.1, 0.15) is 0 Å². The standard InChI is InChI=1S/C9H11BNO/c1-8-2-4-9(5-3-8)11-10-6-7-12-11/h2-5H,6-7H2,1H3. The molecule has 1 radical (unpaired) electrons. The van der Waals surface area contributed by atoms with E-state index in [0.717, 1.165) is 18.6 Å². The van der Waals surface area contributed by atoms with Crippen LogP contribution in [0.1, 0.15) is 5.56 Å². The number of anilines is 1. The van der Waals surface area contributed by atoms with Gasteiger partial charge >= 0.3 is 0 Å². The number of hydrogen-bond acceptors (Lipinski definition) is 2. The minimum atomic E-state index is 0.799. The van der Waals surface area contributed by atoms with Crippen molar-refractivity contribution >= 4 is 13.1 Å². The van der Waals surface area contributed by atoms with E-state index < -0.39 is 0 Å². The minimum absolute atomic E-state index is 0.799. The smallest absolute Gasteiger partial charge is 0.288 e.